The quantitative estimate of drug-likeness (QED) is 0.798. The van der Waals surface area contributed by atoms with Crippen molar-refractivity contribution in [3.63, 3.8) is 0 Å². The lowest BCUT2D eigenvalue weighted by molar-refractivity contribution is -0.141. The molecule has 0 bridgehead atoms. The van der Waals surface area contributed by atoms with Crippen LogP contribution in [0.15, 0.2) is 24.3 Å². The maximum absolute atomic E-state index is 12.0. The SMILES string of the molecule is CC(CN(C)C(=O)Nc1ccc(OCC2CCCO2)cc1)C(=O)O. The number of amides is 2. The lowest BCUT2D eigenvalue weighted by atomic mass is 10.2. The van der Waals surface area contributed by atoms with E-state index in [1.807, 2.05) is 0 Å². The third-order valence-electron chi connectivity index (χ3n) is 3.88. The monoisotopic (exact) mass is 336 g/mol. The lowest BCUT2D eigenvalue weighted by Crippen LogP contribution is -2.36. The van der Waals surface area contributed by atoms with Gasteiger partial charge in [-0.3, -0.25) is 4.79 Å². The fourth-order valence-corrected chi connectivity index (χ4v) is 2.39. The van der Waals surface area contributed by atoms with Gasteiger partial charge in [-0.25, -0.2) is 4.79 Å². The summed E-state index contributed by atoms with van der Waals surface area (Å²) in [5.74, 6) is -0.826. The summed E-state index contributed by atoms with van der Waals surface area (Å²) in [7, 11) is 1.56. The number of carbonyl (C=O) groups is 2. The topological polar surface area (TPSA) is 88.1 Å². The molecule has 24 heavy (non-hydrogen) atoms. The summed E-state index contributed by atoms with van der Waals surface area (Å²) < 4.78 is 11.2. The number of hydrogen-bond acceptors (Lipinski definition) is 4. The maximum Gasteiger partial charge on any atom is 0.321 e. The van der Waals surface area contributed by atoms with E-state index in [2.05, 4.69) is 5.32 Å². The first kappa shape index (κ1) is 18.1. The highest BCUT2D eigenvalue weighted by Crippen LogP contribution is 2.18. The number of aliphatic carboxylic acids is 1. The second-order valence-electron chi connectivity index (χ2n) is 6.02. The largest absolute Gasteiger partial charge is 0.491 e. The number of anilines is 1. The van der Waals surface area contributed by atoms with Gasteiger partial charge in [-0.05, 0) is 37.1 Å². The Bertz CT molecular complexity index is 555. The molecule has 1 aromatic carbocycles. The van der Waals surface area contributed by atoms with Crippen molar-refractivity contribution in [2.75, 3.05) is 32.1 Å². The Balaban J connectivity index is 1.79. The van der Waals surface area contributed by atoms with Gasteiger partial charge in [0.05, 0.1) is 12.0 Å². The van der Waals surface area contributed by atoms with Crippen LogP contribution in [-0.2, 0) is 9.53 Å². The Morgan fingerprint density at radius 2 is 2.12 bits per heavy atom. The molecule has 0 saturated carbocycles. The van der Waals surface area contributed by atoms with E-state index in [0.717, 1.165) is 25.2 Å². The van der Waals surface area contributed by atoms with Gasteiger partial charge in [-0.2, -0.15) is 0 Å². The van der Waals surface area contributed by atoms with Crippen molar-refractivity contribution in [2.45, 2.75) is 25.9 Å². The van der Waals surface area contributed by atoms with E-state index in [0.29, 0.717) is 12.3 Å². The smallest absolute Gasteiger partial charge is 0.321 e. The van der Waals surface area contributed by atoms with Crippen LogP contribution in [0.2, 0.25) is 0 Å². The van der Waals surface area contributed by atoms with Gasteiger partial charge in [-0.15, -0.1) is 0 Å². The molecule has 0 spiro atoms. The highest BCUT2D eigenvalue weighted by atomic mass is 16.5. The second kappa shape index (κ2) is 8.54. The molecular formula is C17H24N2O5. The van der Waals surface area contributed by atoms with Crippen molar-refractivity contribution in [1.82, 2.24) is 4.90 Å². The number of carbonyl (C=O) groups excluding carboxylic acids is 1. The molecule has 1 fully saturated rings. The Morgan fingerprint density at radius 3 is 2.71 bits per heavy atom. The van der Waals surface area contributed by atoms with Crippen molar-refractivity contribution in [3.05, 3.63) is 24.3 Å². The number of hydrogen-bond donors (Lipinski definition) is 2. The number of nitrogens with zero attached hydrogens (tertiary/aromatic N) is 1. The van der Waals surface area contributed by atoms with Gasteiger partial charge in [0.1, 0.15) is 12.4 Å². The van der Waals surface area contributed by atoms with Crippen LogP contribution in [0.3, 0.4) is 0 Å². The zero-order chi connectivity index (χ0) is 17.5. The average molecular weight is 336 g/mol. The molecule has 1 heterocycles. The van der Waals surface area contributed by atoms with Crippen LogP contribution in [0.5, 0.6) is 5.75 Å². The van der Waals surface area contributed by atoms with Crippen LogP contribution >= 0.6 is 0 Å². The molecule has 1 aliphatic rings. The minimum Gasteiger partial charge on any atom is -0.491 e. The first-order chi connectivity index (χ1) is 11.5. The molecule has 2 rings (SSSR count). The normalized spacial score (nSPS) is 18.0. The van der Waals surface area contributed by atoms with E-state index in [-0.39, 0.29) is 18.7 Å². The number of nitrogens with one attached hydrogen (secondary N) is 1. The third-order valence-corrected chi connectivity index (χ3v) is 3.88. The van der Waals surface area contributed by atoms with Crippen LogP contribution in [0.4, 0.5) is 10.5 Å². The summed E-state index contributed by atoms with van der Waals surface area (Å²) in [6.45, 7) is 3.03. The molecule has 2 N–H and O–H groups in total. The molecule has 2 atom stereocenters. The molecule has 1 saturated heterocycles. The standard InChI is InChI=1S/C17H24N2O5/c1-12(16(20)21)10-19(2)17(22)18-13-5-7-14(8-6-13)24-11-15-4-3-9-23-15/h5-8,12,15H,3-4,9-11H2,1-2H3,(H,18,22)(H,20,21). The summed E-state index contributed by atoms with van der Waals surface area (Å²) in [4.78, 5) is 24.2. The van der Waals surface area contributed by atoms with Crippen molar-refractivity contribution < 1.29 is 24.2 Å². The molecule has 2 amide bonds. The Hall–Kier alpha value is -2.28. The minimum absolute atomic E-state index is 0.143. The average Bonchev–Trinajstić information content (AvgIpc) is 3.07. The molecule has 0 aromatic heterocycles. The summed E-state index contributed by atoms with van der Waals surface area (Å²) >= 11 is 0. The van der Waals surface area contributed by atoms with Gasteiger partial charge >= 0.3 is 12.0 Å². The fraction of sp³-hybridized carbons (Fsp3) is 0.529. The summed E-state index contributed by atoms with van der Waals surface area (Å²) in [6.07, 6.45) is 2.26. The number of rotatable bonds is 7. The van der Waals surface area contributed by atoms with Gasteiger partial charge in [0.2, 0.25) is 0 Å². The molecule has 1 aliphatic heterocycles. The minimum atomic E-state index is -0.928. The molecule has 7 heteroatoms. The first-order valence-electron chi connectivity index (χ1n) is 8.05. The first-order valence-corrected chi connectivity index (χ1v) is 8.05. The number of urea groups is 1. The lowest BCUT2D eigenvalue weighted by Gasteiger charge is -2.20. The number of carboxylic acids is 1. The van der Waals surface area contributed by atoms with Gasteiger partial charge < -0.3 is 24.8 Å². The Morgan fingerprint density at radius 1 is 1.42 bits per heavy atom. The van der Waals surface area contributed by atoms with Gasteiger partial charge in [0, 0.05) is 25.9 Å². The zero-order valence-electron chi connectivity index (χ0n) is 14.0. The molecule has 132 valence electrons. The van der Waals surface area contributed by atoms with Crippen LogP contribution in [-0.4, -0.2) is 54.9 Å². The van der Waals surface area contributed by atoms with Gasteiger partial charge in [0.25, 0.3) is 0 Å². The number of ether oxygens (including phenoxy) is 2. The molecule has 1 aromatic rings. The van der Waals surface area contributed by atoms with Gasteiger partial charge in [-0.1, -0.05) is 6.92 Å². The predicted octanol–water partition coefficient (Wildman–Crippen LogP) is 2.43. The summed E-state index contributed by atoms with van der Waals surface area (Å²) in [5, 5.41) is 11.6. The molecule has 0 radical (unpaired) electrons. The predicted molar refractivity (Wildman–Crippen MR) is 89.4 cm³/mol. The highest BCUT2D eigenvalue weighted by Gasteiger charge is 2.18. The van der Waals surface area contributed by atoms with E-state index in [1.54, 1.807) is 38.2 Å². The van der Waals surface area contributed by atoms with Crippen molar-refractivity contribution in [1.29, 1.82) is 0 Å². The van der Waals surface area contributed by atoms with Crippen LogP contribution in [0.25, 0.3) is 0 Å². The maximum atomic E-state index is 12.0. The second-order valence-corrected chi connectivity index (χ2v) is 6.02. The van der Waals surface area contributed by atoms with Crippen LogP contribution in [0.1, 0.15) is 19.8 Å². The number of carboxylic acid groups (broad SMARTS) is 1. The van der Waals surface area contributed by atoms with E-state index < -0.39 is 11.9 Å². The Labute approximate surface area is 141 Å². The highest BCUT2D eigenvalue weighted by molar-refractivity contribution is 5.89. The zero-order valence-corrected chi connectivity index (χ0v) is 14.0. The van der Waals surface area contributed by atoms with E-state index >= 15 is 0 Å². The van der Waals surface area contributed by atoms with E-state index in [9.17, 15) is 9.59 Å². The summed E-state index contributed by atoms with van der Waals surface area (Å²) in [6, 6.07) is 6.71. The van der Waals surface area contributed by atoms with Crippen LogP contribution < -0.4 is 10.1 Å². The number of benzene rings is 1. The molecule has 2 unspecified atom stereocenters. The van der Waals surface area contributed by atoms with Crippen molar-refractivity contribution in [3.8, 4) is 5.75 Å². The Kier molecular flexibility index (Phi) is 6.43. The van der Waals surface area contributed by atoms with E-state index in [4.69, 9.17) is 14.6 Å². The third kappa shape index (κ3) is 5.42. The van der Waals surface area contributed by atoms with Crippen molar-refractivity contribution >= 4 is 17.7 Å². The van der Waals surface area contributed by atoms with Gasteiger partial charge in [0.15, 0.2) is 0 Å². The molecule has 0 aliphatic carbocycles. The molecular weight excluding hydrogens is 312 g/mol. The van der Waals surface area contributed by atoms with Crippen molar-refractivity contribution in [2.24, 2.45) is 5.92 Å². The summed E-state index contributed by atoms with van der Waals surface area (Å²) in [5.41, 5.74) is 0.624. The fourth-order valence-electron chi connectivity index (χ4n) is 2.39. The van der Waals surface area contributed by atoms with E-state index in [1.165, 1.54) is 4.90 Å². The van der Waals surface area contributed by atoms with Crippen LogP contribution in [0, 0.1) is 5.92 Å². The molecule has 7 nitrogen and oxygen atoms in total.